The predicted octanol–water partition coefficient (Wildman–Crippen LogP) is 4.04. The van der Waals surface area contributed by atoms with Gasteiger partial charge in [-0.05, 0) is 24.3 Å². The van der Waals surface area contributed by atoms with Gasteiger partial charge in [0.25, 0.3) is 5.79 Å². The molecule has 2 heterocycles. The minimum absolute atomic E-state index is 0.192. The summed E-state index contributed by atoms with van der Waals surface area (Å²) in [6.45, 7) is 7.08. The van der Waals surface area contributed by atoms with Crippen LogP contribution >= 0.6 is 0 Å². The second-order valence-corrected chi connectivity index (χ2v) is 7.21. The molecule has 0 aliphatic carbocycles. The van der Waals surface area contributed by atoms with Crippen molar-refractivity contribution in [2.75, 3.05) is 0 Å². The fourth-order valence-corrected chi connectivity index (χ4v) is 3.11. The first-order valence-corrected chi connectivity index (χ1v) is 8.24. The van der Waals surface area contributed by atoms with E-state index in [9.17, 15) is 0 Å². The first-order valence-electron chi connectivity index (χ1n) is 8.24. The standard InChI is InChI=1S/C19H21N3O2/c1-18(2,3)19(23-16-10-6-7-11-17(16)24-19)12-13-22-15-9-5-4-8-14(15)20-21-22/h4-11H,12-13H2,1-3H3. The summed E-state index contributed by atoms with van der Waals surface area (Å²) in [7, 11) is 0. The molecule has 1 aromatic heterocycles. The topological polar surface area (TPSA) is 49.2 Å². The quantitative estimate of drug-likeness (QED) is 0.730. The maximum Gasteiger partial charge on any atom is 0.258 e. The van der Waals surface area contributed by atoms with Gasteiger partial charge in [0.1, 0.15) is 5.52 Å². The molecule has 5 nitrogen and oxygen atoms in total. The SMILES string of the molecule is CC(C)(C)C1(CCn2nnc3ccccc32)Oc2ccccc2O1. The monoisotopic (exact) mass is 323 g/mol. The smallest absolute Gasteiger partial charge is 0.258 e. The Morgan fingerprint density at radius 2 is 1.58 bits per heavy atom. The number of aromatic nitrogens is 3. The molecule has 0 spiro atoms. The summed E-state index contributed by atoms with van der Waals surface area (Å²) >= 11 is 0. The van der Waals surface area contributed by atoms with Crippen molar-refractivity contribution in [3.8, 4) is 11.5 Å². The Morgan fingerprint density at radius 3 is 2.25 bits per heavy atom. The zero-order chi connectivity index (χ0) is 16.8. The predicted molar refractivity (Wildman–Crippen MR) is 92.0 cm³/mol. The van der Waals surface area contributed by atoms with E-state index in [1.54, 1.807) is 0 Å². The molecule has 3 aromatic rings. The highest BCUT2D eigenvalue weighted by Gasteiger charge is 2.51. The molecule has 0 saturated carbocycles. The Morgan fingerprint density at radius 1 is 0.958 bits per heavy atom. The molecule has 2 aromatic carbocycles. The van der Waals surface area contributed by atoms with Crippen LogP contribution in [-0.4, -0.2) is 20.8 Å². The van der Waals surface area contributed by atoms with Crippen LogP contribution in [0.15, 0.2) is 48.5 Å². The van der Waals surface area contributed by atoms with Gasteiger partial charge in [0.15, 0.2) is 11.5 Å². The third-order valence-electron chi connectivity index (χ3n) is 4.61. The van der Waals surface area contributed by atoms with Gasteiger partial charge in [0.05, 0.1) is 12.1 Å². The van der Waals surface area contributed by atoms with Gasteiger partial charge in [-0.2, -0.15) is 0 Å². The number of hydrogen-bond donors (Lipinski definition) is 0. The molecule has 24 heavy (non-hydrogen) atoms. The van der Waals surface area contributed by atoms with Crippen molar-refractivity contribution >= 4 is 11.0 Å². The highest BCUT2D eigenvalue weighted by molar-refractivity contribution is 5.73. The number of para-hydroxylation sites is 3. The fourth-order valence-electron chi connectivity index (χ4n) is 3.11. The van der Waals surface area contributed by atoms with Gasteiger partial charge in [-0.1, -0.05) is 50.3 Å². The molecule has 0 fully saturated rings. The second-order valence-electron chi connectivity index (χ2n) is 7.21. The molecule has 0 atom stereocenters. The number of fused-ring (bicyclic) bond motifs is 2. The maximum absolute atomic E-state index is 6.29. The minimum Gasteiger partial charge on any atom is -0.448 e. The van der Waals surface area contributed by atoms with E-state index in [4.69, 9.17) is 9.47 Å². The Kier molecular flexibility index (Phi) is 3.27. The summed E-state index contributed by atoms with van der Waals surface area (Å²) in [6, 6.07) is 15.8. The maximum atomic E-state index is 6.29. The van der Waals surface area contributed by atoms with E-state index in [0.29, 0.717) is 13.0 Å². The molecule has 0 N–H and O–H groups in total. The lowest BCUT2D eigenvalue weighted by atomic mass is 9.83. The van der Waals surface area contributed by atoms with Crippen LogP contribution in [0, 0.1) is 5.41 Å². The number of nitrogens with zero attached hydrogens (tertiary/aromatic N) is 3. The van der Waals surface area contributed by atoms with Crippen molar-refractivity contribution in [3.05, 3.63) is 48.5 Å². The first kappa shape index (κ1) is 15.0. The normalized spacial score (nSPS) is 15.8. The summed E-state index contributed by atoms with van der Waals surface area (Å²) < 4.78 is 14.5. The van der Waals surface area contributed by atoms with Gasteiger partial charge in [0, 0.05) is 11.8 Å². The van der Waals surface area contributed by atoms with Crippen LogP contribution in [-0.2, 0) is 6.54 Å². The van der Waals surface area contributed by atoms with Crippen LogP contribution in [0.2, 0.25) is 0 Å². The van der Waals surface area contributed by atoms with Crippen LogP contribution in [0.4, 0.5) is 0 Å². The molecular formula is C19H21N3O2. The summed E-state index contributed by atoms with van der Waals surface area (Å²) in [6.07, 6.45) is 0.679. The average molecular weight is 323 g/mol. The van der Waals surface area contributed by atoms with Crippen molar-refractivity contribution in [2.45, 2.75) is 39.5 Å². The van der Waals surface area contributed by atoms with Crippen LogP contribution in [0.25, 0.3) is 11.0 Å². The van der Waals surface area contributed by atoms with Gasteiger partial charge in [-0.3, -0.25) is 0 Å². The second kappa shape index (κ2) is 5.23. The molecule has 0 unspecified atom stereocenters. The number of rotatable bonds is 3. The minimum atomic E-state index is -0.719. The van der Waals surface area contributed by atoms with E-state index < -0.39 is 5.79 Å². The van der Waals surface area contributed by atoms with Gasteiger partial charge >= 0.3 is 0 Å². The summed E-state index contributed by atoms with van der Waals surface area (Å²) in [5.74, 6) is 0.885. The largest absolute Gasteiger partial charge is 0.448 e. The first-order chi connectivity index (χ1) is 11.5. The number of benzene rings is 2. The van der Waals surface area contributed by atoms with E-state index in [0.717, 1.165) is 22.5 Å². The molecular weight excluding hydrogens is 302 g/mol. The van der Waals surface area contributed by atoms with Crippen molar-refractivity contribution < 1.29 is 9.47 Å². The van der Waals surface area contributed by atoms with E-state index in [-0.39, 0.29) is 5.41 Å². The number of aryl methyl sites for hydroxylation is 1. The van der Waals surface area contributed by atoms with Gasteiger partial charge < -0.3 is 9.47 Å². The zero-order valence-electron chi connectivity index (χ0n) is 14.2. The number of ether oxygens (including phenoxy) is 2. The zero-order valence-corrected chi connectivity index (χ0v) is 14.2. The molecule has 0 radical (unpaired) electrons. The molecule has 4 rings (SSSR count). The van der Waals surface area contributed by atoms with E-state index >= 15 is 0 Å². The fraction of sp³-hybridized carbons (Fsp3) is 0.368. The van der Waals surface area contributed by atoms with Crippen LogP contribution in [0.5, 0.6) is 11.5 Å². The number of hydrogen-bond acceptors (Lipinski definition) is 4. The lowest BCUT2D eigenvalue weighted by Crippen LogP contribution is -2.51. The highest BCUT2D eigenvalue weighted by atomic mass is 16.7. The molecule has 1 aliphatic rings. The van der Waals surface area contributed by atoms with E-state index in [1.165, 1.54) is 0 Å². The van der Waals surface area contributed by atoms with E-state index in [1.807, 2.05) is 53.2 Å². The molecule has 0 amide bonds. The molecule has 0 bridgehead atoms. The third kappa shape index (κ3) is 2.31. The lowest BCUT2D eigenvalue weighted by molar-refractivity contribution is -0.165. The highest BCUT2D eigenvalue weighted by Crippen LogP contribution is 2.48. The van der Waals surface area contributed by atoms with E-state index in [2.05, 4.69) is 31.1 Å². The molecule has 5 heteroatoms. The molecule has 124 valence electrons. The van der Waals surface area contributed by atoms with Crippen LogP contribution in [0.3, 0.4) is 0 Å². The lowest BCUT2D eigenvalue weighted by Gasteiger charge is -2.39. The van der Waals surface area contributed by atoms with Gasteiger partial charge in [0.2, 0.25) is 0 Å². The van der Waals surface area contributed by atoms with Crippen molar-refractivity contribution in [3.63, 3.8) is 0 Å². The molecule has 1 aliphatic heterocycles. The molecule has 0 saturated heterocycles. The van der Waals surface area contributed by atoms with Crippen molar-refractivity contribution in [2.24, 2.45) is 5.41 Å². The van der Waals surface area contributed by atoms with Gasteiger partial charge in [-0.25, -0.2) is 4.68 Å². The Hall–Kier alpha value is -2.56. The average Bonchev–Trinajstić information content (AvgIpc) is 3.14. The van der Waals surface area contributed by atoms with Gasteiger partial charge in [-0.15, -0.1) is 5.10 Å². The summed E-state index contributed by atoms with van der Waals surface area (Å²) in [5, 5.41) is 8.49. The Balaban J connectivity index is 1.63. The van der Waals surface area contributed by atoms with Crippen LogP contribution in [0.1, 0.15) is 27.2 Å². The Labute approximate surface area is 141 Å². The van der Waals surface area contributed by atoms with Crippen molar-refractivity contribution in [1.29, 1.82) is 0 Å². The Bertz CT molecular complexity index is 854. The summed E-state index contributed by atoms with van der Waals surface area (Å²) in [5.41, 5.74) is 1.73. The van der Waals surface area contributed by atoms with Crippen LogP contribution < -0.4 is 9.47 Å². The summed E-state index contributed by atoms with van der Waals surface area (Å²) in [4.78, 5) is 0. The third-order valence-corrected chi connectivity index (χ3v) is 4.61. The van der Waals surface area contributed by atoms with Crippen molar-refractivity contribution in [1.82, 2.24) is 15.0 Å².